The molecule has 10 heteroatoms. The van der Waals surface area contributed by atoms with Gasteiger partial charge in [0.2, 0.25) is 5.91 Å². The van der Waals surface area contributed by atoms with Gasteiger partial charge in [0, 0.05) is 18.3 Å². The fraction of sp³-hybridized carbons (Fsp3) is 0.480. The summed E-state index contributed by atoms with van der Waals surface area (Å²) in [4.78, 5) is 53.1. The molecule has 1 aromatic heterocycles. The van der Waals surface area contributed by atoms with Gasteiger partial charge in [0.05, 0.1) is 25.3 Å². The summed E-state index contributed by atoms with van der Waals surface area (Å²) in [6, 6.07) is 7.74. The van der Waals surface area contributed by atoms with Crippen LogP contribution in [-0.2, 0) is 20.8 Å². The largest absolute Gasteiger partial charge is 0.462 e. The van der Waals surface area contributed by atoms with Gasteiger partial charge in [-0.2, -0.15) is 5.10 Å². The Balaban J connectivity index is 2.06. The van der Waals surface area contributed by atoms with E-state index in [1.54, 1.807) is 39.0 Å². The maximum Gasteiger partial charge on any atom is 0.358 e. The third-order valence-corrected chi connectivity index (χ3v) is 5.75. The predicted octanol–water partition coefficient (Wildman–Crippen LogP) is 2.82. The summed E-state index contributed by atoms with van der Waals surface area (Å²) in [5.74, 6) is -1.69. The second-order valence-electron chi connectivity index (χ2n) is 8.92. The monoisotopic (exact) mass is 484 g/mol. The van der Waals surface area contributed by atoms with Crippen molar-refractivity contribution in [3.8, 4) is 0 Å². The number of rotatable bonds is 9. The number of esters is 2. The lowest BCUT2D eigenvalue weighted by molar-refractivity contribution is -0.126. The minimum atomic E-state index is -1.38. The standard InChI is InChI=1S/C25H32N4O6/c1-6-34-22(31)17-9-8-10-18(13-17)29-21(30)20-14-19(23(32)35-7-2)27-28(20)15-25(29,5)24(33)26-12-11-16(3)4/h8-10,13-14,16H,6-7,11-12,15H2,1-5H3,(H,26,33). The number of nitrogens with zero attached hydrogens (tertiary/aromatic N) is 3. The van der Waals surface area contributed by atoms with Crippen molar-refractivity contribution in [2.75, 3.05) is 24.7 Å². The molecule has 1 aliphatic rings. The van der Waals surface area contributed by atoms with Crippen LogP contribution in [-0.4, -0.2) is 58.8 Å². The van der Waals surface area contributed by atoms with Gasteiger partial charge < -0.3 is 14.8 Å². The molecule has 2 amide bonds. The summed E-state index contributed by atoms with van der Waals surface area (Å²) >= 11 is 0. The van der Waals surface area contributed by atoms with Gasteiger partial charge in [0.15, 0.2) is 5.69 Å². The average molecular weight is 485 g/mol. The first-order chi connectivity index (χ1) is 16.6. The molecule has 0 saturated heterocycles. The Bertz CT molecular complexity index is 1120. The molecule has 188 valence electrons. The maximum atomic E-state index is 13.7. The number of nitrogens with one attached hydrogen (secondary N) is 1. The number of carbonyl (C=O) groups excluding carboxylic acids is 4. The molecule has 1 unspecified atom stereocenters. The van der Waals surface area contributed by atoms with Gasteiger partial charge in [0.1, 0.15) is 11.2 Å². The Morgan fingerprint density at radius 2 is 1.80 bits per heavy atom. The Morgan fingerprint density at radius 3 is 2.46 bits per heavy atom. The molecule has 0 spiro atoms. The van der Waals surface area contributed by atoms with Crippen LogP contribution in [0.1, 0.15) is 72.4 Å². The second kappa shape index (κ2) is 10.7. The topological polar surface area (TPSA) is 120 Å². The number of anilines is 1. The number of carbonyl (C=O) groups is 4. The lowest BCUT2D eigenvalue weighted by atomic mass is 9.93. The Morgan fingerprint density at radius 1 is 1.11 bits per heavy atom. The molecule has 1 aliphatic heterocycles. The first-order valence-corrected chi connectivity index (χ1v) is 11.8. The fourth-order valence-corrected chi connectivity index (χ4v) is 3.94. The van der Waals surface area contributed by atoms with Crippen LogP contribution >= 0.6 is 0 Å². The number of hydrogen-bond acceptors (Lipinski definition) is 7. The van der Waals surface area contributed by atoms with Gasteiger partial charge in [-0.3, -0.25) is 19.2 Å². The molecule has 1 atom stereocenters. The van der Waals surface area contributed by atoms with Crippen LogP contribution in [0.4, 0.5) is 5.69 Å². The molecule has 0 aliphatic carbocycles. The highest BCUT2D eigenvalue weighted by Gasteiger charge is 2.49. The zero-order valence-corrected chi connectivity index (χ0v) is 20.8. The minimum absolute atomic E-state index is 0.00459. The van der Waals surface area contributed by atoms with E-state index < -0.39 is 23.4 Å². The van der Waals surface area contributed by atoms with E-state index >= 15 is 0 Å². The number of ether oxygens (including phenoxy) is 2. The fourth-order valence-electron chi connectivity index (χ4n) is 3.94. The van der Waals surface area contributed by atoms with Crippen LogP contribution in [0.15, 0.2) is 30.3 Å². The van der Waals surface area contributed by atoms with E-state index in [-0.39, 0.29) is 42.6 Å². The molecular formula is C25H32N4O6. The van der Waals surface area contributed by atoms with E-state index in [2.05, 4.69) is 24.3 Å². The number of hydrogen-bond donors (Lipinski definition) is 1. The zero-order chi connectivity index (χ0) is 25.8. The highest BCUT2D eigenvalue weighted by Crippen LogP contribution is 2.33. The molecule has 0 bridgehead atoms. The van der Waals surface area contributed by atoms with E-state index in [0.717, 1.165) is 6.42 Å². The summed E-state index contributed by atoms with van der Waals surface area (Å²) in [6.45, 7) is 9.95. The maximum absolute atomic E-state index is 13.7. The number of fused-ring (bicyclic) bond motifs is 1. The van der Waals surface area contributed by atoms with Crippen LogP contribution in [0.25, 0.3) is 0 Å². The van der Waals surface area contributed by atoms with Gasteiger partial charge in [-0.15, -0.1) is 0 Å². The molecule has 10 nitrogen and oxygen atoms in total. The molecular weight excluding hydrogens is 452 g/mol. The highest BCUT2D eigenvalue weighted by atomic mass is 16.5. The van der Waals surface area contributed by atoms with Gasteiger partial charge in [-0.1, -0.05) is 19.9 Å². The van der Waals surface area contributed by atoms with Crippen molar-refractivity contribution in [1.29, 1.82) is 0 Å². The Hall–Kier alpha value is -3.69. The number of benzene rings is 1. The van der Waals surface area contributed by atoms with Crippen molar-refractivity contribution in [2.24, 2.45) is 5.92 Å². The quantitative estimate of drug-likeness (QED) is 0.544. The van der Waals surface area contributed by atoms with Crippen molar-refractivity contribution < 1.29 is 28.7 Å². The normalized spacial score (nSPS) is 17.2. The number of amides is 2. The van der Waals surface area contributed by atoms with Crippen LogP contribution in [0.2, 0.25) is 0 Å². The van der Waals surface area contributed by atoms with E-state index in [1.165, 1.54) is 21.7 Å². The highest BCUT2D eigenvalue weighted by molar-refractivity contribution is 6.12. The summed E-state index contributed by atoms with van der Waals surface area (Å²) in [5.41, 5.74) is -0.646. The molecule has 0 radical (unpaired) electrons. The molecule has 2 aromatic rings. The van der Waals surface area contributed by atoms with Crippen LogP contribution in [0.3, 0.4) is 0 Å². The summed E-state index contributed by atoms with van der Waals surface area (Å²) in [5, 5.41) is 7.17. The average Bonchev–Trinajstić information content (AvgIpc) is 3.23. The predicted molar refractivity (Wildman–Crippen MR) is 128 cm³/mol. The first-order valence-electron chi connectivity index (χ1n) is 11.8. The lowest BCUT2D eigenvalue weighted by Gasteiger charge is -2.43. The van der Waals surface area contributed by atoms with Crippen molar-refractivity contribution in [1.82, 2.24) is 15.1 Å². The summed E-state index contributed by atoms with van der Waals surface area (Å²) in [6.07, 6.45) is 0.772. The van der Waals surface area contributed by atoms with Crippen LogP contribution in [0, 0.1) is 5.92 Å². The minimum Gasteiger partial charge on any atom is -0.462 e. The third-order valence-electron chi connectivity index (χ3n) is 5.75. The van der Waals surface area contributed by atoms with Gasteiger partial charge >= 0.3 is 11.9 Å². The SMILES string of the molecule is CCOC(=O)c1cccc(N2C(=O)c3cc(C(=O)OCC)nn3CC2(C)C(=O)NCCC(C)C)c1. The number of aromatic nitrogens is 2. The smallest absolute Gasteiger partial charge is 0.358 e. The summed E-state index contributed by atoms with van der Waals surface area (Å²) < 4.78 is 11.5. The molecule has 3 rings (SSSR count). The van der Waals surface area contributed by atoms with E-state index in [0.29, 0.717) is 18.2 Å². The first kappa shape index (κ1) is 25.9. The summed E-state index contributed by atoms with van der Waals surface area (Å²) in [7, 11) is 0. The van der Waals surface area contributed by atoms with Crippen molar-refractivity contribution in [3.05, 3.63) is 47.3 Å². The zero-order valence-electron chi connectivity index (χ0n) is 20.8. The van der Waals surface area contributed by atoms with Gasteiger partial charge in [-0.25, -0.2) is 9.59 Å². The molecule has 0 saturated carbocycles. The second-order valence-corrected chi connectivity index (χ2v) is 8.92. The van der Waals surface area contributed by atoms with Crippen molar-refractivity contribution in [2.45, 2.75) is 53.1 Å². The van der Waals surface area contributed by atoms with Crippen molar-refractivity contribution >= 4 is 29.4 Å². The van der Waals surface area contributed by atoms with E-state index in [1.807, 2.05) is 0 Å². The molecule has 1 N–H and O–H groups in total. The molecule has 2 heterocycles. The molecule has 0 fully saturated rings. The Labute approximate surface area is 204 Å². The van der Waals surface area contributed by atoms with Crippen molar-refractivity contribution in [3.63, 3.8) is 0 Å². The van der Waals surface area contributed by atoms with E-state index in [4.69, 9.17) is 9.47 Å². The Kier molecular flexibility index (Phi) is 7.93. The van der Waals surface area contributed by atoms with Gasteiger partial charge in [0.25, 0.3) is 5.91 Å². The van der Waals surface area contributed by atoms with Crippen LogP contribution < -0.4 is 10.2 Å². The molecule has 35 heavy (non-hydrogen) atoms. The van der Waals surface area contributed by atoms with E-state index in [9.17, 15) is 19.2 Å². The third kappa shape index (κ3) is 5.36. The van der Waals surface area contributed by atoms with Crippen LogP contribution in [0.5, 0.6) is 0 Å². The van der Waals surface area contributed by atoms with Gasteiger partial charge in [-0.05, 0) is 51.3 Å². The molecule has 1 aromatic carbocycles. The lowest BCUT2D eigenvalue weighted by Crippen LogP contribution is -2.64.